The highest BCUT2D eigenvalue weighted by Crippen LogP contribution is 2.58. The molecule has 0 spiro atoms. The Morgan fingerprint density at radius 2 is 1.73 bits per heavy atom. The fourth-order valence-electron chi connectivity index (χ4n) is 2.42. The number of benzene rings is 1. The molecule has 2 atom stereocenters. The lowest BCUT2D eigenvalue weighted by atomic mass is 9.89. The molecular weight excluding hydrogens is 186 g/mol. The van der Waals surface area contributed by atoms with E-state index in [1.165, 1.54) is 16.7 Å². The Hall–Kier alpha value is -1.67. The number of epoxide rings is 1. The minimum Gasteiger partial charge on any atom is -0.359 e. The Bertz CT molecular complexity index is 500. The van der Waals surface area contributed by atoms with Gasteiger partial charge in [0.1, 0.15) is 12.2 Å². The van der Waals surface area contributed by atoms with E-state index in [1.54, 1.807) is 0 Å². The first-order valence-electron chi connectivity index (χ1n) is 5.15. The number of ether oxygens (including phenoxy) is 1. The van der Waals surface area contributed by atoms with Gasteiger partial charge in [0.15, 0.2) is 0 Å². The lowest BCUT2D eigenvalue weighted by Crippen LogP contribution is -2.00. The van der Waals surface area contributed by atoms with E-state index < -0.39 is 0 Å². The molecule has 2 nitrogen and oxygen atoms in total. The normalized spacial score (nSPS) is 25.1. The van der Waals surface area contributed by atoms with Crippen LogP contribution < -0.4 is 0 Å². The lowest BCUT2D eigenvalue weighted by molar-refractivity contribution is 0.380. The number of aromatic nitrogens is 1. The number of nitrogens with zero attached hydrogens (tertiary/aromatic N) is 1. The van der Waals surface area contributed by atoms with E-state index in [9.17, 15) is 0 Å². The SMILES string of the molecule is c1ccc2c(c1)-c1ncccc1C1OC21. The van der Waals surface area contributed by atoms with Crippen molar-refractivity contribution in [3.63, 3.8) is 0 Å². The quantitative estimate of drug-likeness (QED) is 0.604. The molecule has 2 aliphatic rings. The summed E-state index contributed by atoms with van der Waals surface area (Å²) in [4.78, 5) is 4.46. The maximum absolute atomic E-state index is 5.69. The average Bonchev–Trinajstić information content (AvgIpc) is 3.10. The van der Waals surface area contributed by atoms with Gasteiger partial charge in [0.05, 0.1) is 5.69 Å². The molecule has 15 heavy (non-hydrogen) atoms. The largest absolute Gasteiger partial charge is 0.359 e. The molecule has 2 heteroatoms. The van der Waals surface area contributed by atoms with Crippen molar-refractivity contribution < 1.29 is 4.74 Å². The maximum atomic E-state index is 5.69. The van der Waals surface area contributed by atoms with Crippen LogP contribution in [0.1, 0.15) is 23.3 Å². The third kappa shape index (κ3) is 0.896. The number of hydrogen-bond acceptors (Lipinski definition) is 2. The molecule has 1 aromatic carbocycles. The highest BCUT2D eigenvalue weighted by atomic mass is 16.6. The summed E-state index contributed by atoms with van der Waals surface area (Å²) >= 11 is 0. The highest BCUT2D eigenvalue weighted by molar-refractivity contribution is 5.72. The van der Waals surface area contributed by atoms with Gasteiger partial charge in [-0.05, 0) is 11.6 Å². The summed E-state index contributed by atoms with van der Waals surface area (Å²) in [5.41, 5.74) is 4.84. The van der Waals surface area contributed by atoms with Gasteiger partial charge in [-0.3, -0.25) is 4.98 Å². The van der Waals surface area contributed by atoms with Crippen molar-refractivity contribution in [2.45, 2.75) is 12.2 Å². The van der Waals surface area contributed by atoms with Crippen LogP contribution in [0.5, 0.6) is 0 Å². The molecule has 0 radical (unpaired) electrons. The summed E-state index contributed by atoms with van der Waals surface area (Å²) in [6.07, 6.45) is 2.37. The molecule has 2 unspecified atom stereocenters. The average molecular weight is 195 g/mol. The number of rotatable bonds is 0. The van der Waals surface area contributed by atoms with Crippen molar-refractivity contribution >= 4 is 0 Å². The number of fused-ring (bicyclic) bond motifs is 6. The van der Waals surface area contributed by atoms with Crippen LogP contribution in [0.25, 0.3) is 11.3 Å². The van der Waals surface area contributed by atoms with Crippen LogP contribution in [-0.4, -0.2) is 4.98 Å². The number of pyridine rings is 1. The zero-order chi connectivity index (χ0) is 9.83. The standard InChI is InChI=1S/C13H9NO/c1-2-5-9-8(4-1)11-10(6-3-7-14-11)13-12(9)15-13/h1-7,12-13H. The Labute approximate surface area is 87.5 Å². The van der Waals surface area contributed by atoms with Crippen LogP contribution in [0.4, 0.5) is 0 Å². The van der Waals surface area contributed by atoms with Crippen molar-refractivity contribution in [2.24, 2.45) is 0 Å². The zero-order valence-corrected chi connectivity index (χ0v) is 8.05. The van der Waals surface area contributed by atoms with E-state index in [0.29, 0.717) is 0 Å². The molecule has 0 amide bonds. The van der Waals surface area contributed by atoms with E-state index in [4.69, 9.17) is 4.74 Å². The van der Waals surface area contributed by atoms with Gasteiger partial charge in [-0.15, -0.1) is 0 Å². The molecule has 1 aromatic heterocycles. The minimum atomic E-state index is 0.253. The summed E-state index contributed by atoms with van der Waals surface area (Å²) < 4.78 is 5.69. The zero-order valence-electron chi connectivity index (χ0n) is 8.05. The predicted octanol–water partition coefficient (Wildman–Crippen LogP) is 2.87. The van der Waals surface area contributed by atoms with Crippen molar-refractivity contribution in [1.29, 1.82) is 0 Å². The molecule has 0 bridgehead atoms. The molecule has 1 aliphatic carbocycles. The van der Waals surface area contributed by atoms with Crippen molar-refractivity contribution in [1.82, 2.24) is 4.98 Å². The first kappa shape index (κ1) is 7.60. The Kier molecular flexibility index (Phi) is 1.25. The van der Waals surface area contributed by atoms with Gasteiger partial charge in [-0.2, -0.15) is 0 Å². The smallest absolute Gasteiger partial charge is 0.116 e. The Morgan fingerprint density at radius 3 is 2.73 bits per heavy atom. The topological polar surface area (TPSA) is 25.4 Å². The van der Waals surface area contributed by atoms with E-state index in [1.807, 2.05) is 12.3 Å². The van der Waals surface area contributed by atoms with Crippen LogP contribution in [0, 0.1) is 0 Å². The second-order valence-electron chi connectivity index (χ2n) is 4.01. The fourth-order valence-corrected chi connectivity index (χ4v) is 2.42. The minimum absolute atomic E-state index is 0.253. The molecule has 72 valence electrons. The predicted molar refractivity (Wildman–Crippen MR) is 56.2 cm³/mol. The van der Waals surface area contributed by atoms with E-state index in [-0.39, 0.29) is 12.2 Å². The maximum Gasteiger partial charge on any atom is 0.116 e. The highest BCUT2D eigenvalue weighted by Gasteiger charge is 2.47. The first-order chi connectivity index (χ1) is 7.45. The van der Waals surface area contributed by atoms with Crippen LogP contribution >= 0.6 is 0 Å². The van der Waals surface area contributed by atoms with E-state index in [2.05, 4.69) is 35.3 Å². The van der Waals surface area contributed by atoms with Gasteiger partial charge in [0.25, 0.3) is 0 Å². The van der Waals surface area contributed by atoms with Crippen LogP contribution in [0.15, 0.2) is 42.6 Å². The van der Waals surface area contributed by atoms with Crippen LogP contribution in [0.3, 0.4) is 0 Å². The summed E-state index contributed by atoms with van der Waals surface area (Å²) in [6.45, 7) is 0. The Morgan fingerprint density at radius 1 is 0.933 bits per heavy atom. The van der Waals surface area contributed by atoms with Gasteiger partial charge in [0.2, 0.25) is 0 Å². The third-order valence-electron chi connectivity index (χ3n) is 3.16. The second-order valence-corrected chi connectivity index (χ2v) is 4.01. The third-order valence-corrected chi connectivity index (χ3v) is 3.16. The van der Waals surface area contributed by atoms with Gasteiger partial charge in [0, 0.05) is 17.3 Å². The summed E-state index contributed by atoms with van der Waals surface area (Å²) in [5, 5.41) is 0. The van der Waals surface area contributed by atoms with Crippen molar-refractivity contribution in [3.05, 3.63) is 53.7 Å². The van der Waals surface area contributed by atoms with Crippen molar-refractivity contribution in [3.8, 4) is 11.3 Å². The van der Waals surface area contributed by atoms with Crippen LogP contribution in [0.2, 0.25) is 0 Å². The van der Waals surface area contributed by atoms with Crippen LogP contribution in [-0.2, 0) is 4.74 Å². The van der Waals surface area contributed by atoms with Gasteiger partial charge in [-0.1, -0.05) is 30.3 Å². The summed E-state index contributed by atoms with van der Waals surface area (Å²) in [7, 11) is 0. The van der Waals surface area contributed by atoms with E-state index >= 15 is 0 Å². The molecule has 1 aliphatic heterocycles. The molecule has 1 saturated heterocycles. The molecule has 0 N–H and O–H groups in total. The van der Waals surface area contributed by atoms with Gasteiger partial charge in [-0.25, -0.2) is 0 Å². The molecule has 2 aromatic rings. The Balaban J connectivity index is 2.09. The molecular formula is C13H9NO. The fraction of sp³-hybridized carbons (Fsp3) is 0.154. The van der Waals surface area contributed by atoms with E-state index in [0.717, 1.165) is 5.69 Å². The monoisotopic (exact) mass is 195 g/mol. The summed E-state index contributed by atoms with van der Waals surface area (Å²) in [6, 6.07) is 12.5. The molecule has 0 saturated carbocycles. The lowest BCUT2D eigenvalue weighted by Gasteiger charge is -2.14. The van der Waals surface area contributed by atoms with Gasteiger partial charge >= 0.3 is 0 Å². The first-order valence-corrected chi connectivity index (χ1v) is 5.15. The molecule has 4 rings (SSSR count). The van der Waals surface area contributed by atoms with Gasteiger partial charge < -0.3 is 4.74 Å². The number of hydrogen-bond donors (Lipinski definition) is 0. The second kappa shape index (κ2) is 2.47. The van der Waals surface area contributed by atoms with Crippen molar-refractivity contribution in [2.75, 3.05) is 0 Å². The molecule has 2 heterocycles. The summed E-state index contributed by atoms with van der Waals surface area (Å²) in [5.74, 6) is 0. The molecule has 1 fully saturated rings.